The maximum atomic E-state index is 12.9. The number of rotatable bonds is 7. The molecule has 9 nitrogen and oxygen atoms in total. The highest BCUT2D eigenvalue weighted by molar-refractivity contribution is 8.00. The monoisotopic (exact) mass is 464 g/mol. The number of nitrogens with one attached hydrogen (secondary N) is 2. The van der Waals surface area contributed by atoms with Crippen LogP contribution in [0.3, 0.4) is 0 Å². The molecule has 3 aromatic rings. The van der Waals surface area contributed by atoms with Crippen LogP contribution in [0, 0.1) is 17.2 Å². The van der Waals surface area contributed by atoms with Crippen molar-refractivity contribution >= 4 is 40.3 Å². The third-order valence-electron chi connectivity index (χ3n) is 5.39. The van der Waals surface area contributed by atoms with Crippen LogP contribution in [-0.4, -0.2) is 53.9 Å². The lowest BCUT2D eigenvalue weighted by molar-refractivity contribution is -0.127. The Bertz CT molecular complexity index is 1200. The third-order valence-corrected chi connectivity index (χ3v) is 6.64. The molecule has 4 rings (SSSR count). The lowest BCUT2D eigenvalue weighted by atomic mass is 10.1. The lowest BCUT2D eigenvalue weighted by Gasteiger charge is -2.32. The molecule has 33 heavy (non-hydrogen) atoms. The smallest absolute Gasteiger partial charge is 0.264 e. The van der Waals surface area contributed by atoms with E-state index in [4.69, 9.17) is 4.98 Å². The molecule has 1 aliphatic heterocycles. The summed E-state index contributed by atoms with van der Waals surface area (Å²) in [6, 6.07) is 4.05. The van der Waals surface area contributed by atoms with Crippen LogP contribution in [0.1, 0.15) is 33.6 Å². The molecule has 3 aromatic heterocycles. The topological polar surface area (TPSA) is 116 Å². The van der Waals surface area contributed by atoms with Gasteiger partial charge in [0.2, 0.25) is 5.95 Å². The van der Waals surface area contributed by atoms with Gasteiger partial charge in [0.15, 0.2) is 0 Å². The van der Waals surface area contributed by atoms with Crippen molar-refractivity contribution in [3.8, 4) is 6.07 Å². The van der Waals surface area contributed by atoms with E-state index in [0.29, 0.717) is 19.0 Å². The Labute approximate surface area is 197 Å². The number of hydrogen-bond donors (Lipinski definition) is 2. The number of nitrogens with zero attached hydrogens (tertiary/aromatic N) is 6. The van der Waals surface area contributed by atoms with Crippen LogP contribution in [0.5, 0.6) is 0 Å². The van der Waals surface area contributed by atoms with Crippen LogP contribution in [0.25, 0.3) is 11.0 Å². The number of hydrogen-bond acceptors (Lipinski definition) is 7. The molecule has 0 aliphatic carbocycles. The van der Waals surface area contributed by atoms with Crippen molar-refractivity contribution < 1.29 is 4.79 Å². The zero-order valence-corrected chi connectivity index (χ0v) is 19.9. The van der Waals surface area contributed by atoms with Gasteiger partial charge in [-0.15, -0.1) is 11.8 Å². The van der Waals surface area contributed by atoms with Crippen molar-refractivity contribution in [1.82, 2.24) is 29.6 Å². The van der Waals surface area contributed by atoms with E-state index >= 15 is 0 Å². The SMILES string of the molecule is CCn1cc(Nc2nc(SC3CCCN(C(=O)/C(C#N)=C/C(C)C)C3)c3cc[nH]c3n2)cn1. The van der Waals surface area contributed by atoms with Gasteiger partial charge in [-0.3, -0.25) is 9.48 Å². The Morgan fingerprint density at radius 2 is 2.30 bits per heavy atom. The molecule has 1 atom stereocenters. The van der Waals surface area contributed by atoms with E-state index in [1.54, 1.807) is 28.9 Å². The number of likely N-dealkylation sites (tertiary alicyclic amines) is 1. The van der Waals surface area contributed by atoms with Crippen LogP contribution in [-0.2, 0) is 11.3 Å². The average Bonchev–Trinajstić information content (AvgIpc) is 3.46. The molecule has 1 unspecified atom stereocenters. The number of carbonyl (C=O) groups is 1. The van der Waals surface area contributed by atoms with E-state index in [0.717, 1.165) is 41.1 Å². The number of amides is 1. The fourth-order valence-corrected chi connectivity index (χ4v) is 5.11. The van der Waals surface area contributed by atoms with Gasteiger partial charge < -0.3 is 15.2 Å². The fourth-order valence-electron chi connectivity index (χ4n) is 3.83. The minimum absolute atomic E-state index is 0.150. The molecule has 0 saturated carbocycles. The van der Waals surface area contributed by atoms with Gasteiger partial charge in [0.05, 0.1) is 17.3 Å². The van der Waals surface area contributed by atoms with Crippen molar-refractivity contribution in [2.45, 2.75) is 50.4 Å². The first kappa shape index (κ1) is 22.9. The Balaban J connectivity index is 1.52. The van der Waals surface area contributed by atoms with E-state index in [-0.39, 0.29) is 22.6 Å². The molecule has 172 valence electrons. The molecule has 1 amide bonds. The minimum Gasteiger partial charge on any atom is -0.346 e. The molecular formula is C23H28N8OS. The van der Waals surface area contributed by atoms with Crippen molar-refractivity contribution in [3.05, 3.63) is 36.3 Å². The van der Waals surface area contributed by atoms with Gasteiger partial charge in [-0.1, -0.05) is 19.9 Å². The maximum absolute atomic E-state index is 12.9. The van der Waals surface area contributed by atoms with Crippen LogP contribution >= 0.6 is 11.8 Å². The summed E-state index contributed by atoms with van der Waals surface area (Å²) in [5.41, 5.74) is 1.81. The molecule has 4 heterocycles. The van der Waals surface area contributed by atoms with E-state index in [9.17, 15) is 10.1 Å². The predicted molar refractivity (Wildman–Crippen MR) is 129 cm³/mol. The summed E-state index contributed by atoms with van der Waals surface area (Å²) < 4.78 is 1.84. The van der Waals surface area contributed by atoms with E-state index in [1.165, 1.54) is 0 Å². The van der Waals surface area contributed by atoms with E-state index < -0.39 is 0 Å². The number of carbonyl (C=O) groups excluding carboxylic acids is 1. The molecule has 1 saturated heterocycles. The molecule has 0 radical (unpaired) electrons. The van der Waals surface area contributed by atoms with Gasteiger partial charge in [0.25, 0.3) is 5.91 Å². The molecule has 0 spiro atoms. The van der Waals surface area contributed by atoms with Gasteiger partial charge in [-0.2, -0.15) is 15.3 Å². The first-order chi connectivity index (χ1) is 16.0. The van der Waals surface area contributed by atoms with Crippen LogP contribution in [0.15, 0.2) is 41.3 Å². The quantitative estimate of drug-likeness (QED) is 0.307. The highest BCUT2D eigenvalue weighted by Gasteiger charge is 2.27. The summed E-state index contributed by atoms with van der Waals surface area (Å²) in [4.78, 5) is 27.2. The van der Waals surface area contributed by atoms with Crippen molar-refractivity contribution in [1.29, 1.82) is 5.26 Å². The summed E-state index contributed by atoms with van der Waals surface area (Å²) in [7, 11) is 0. The van der Waals surface area contributed by atoms with Crippen LogP contribution < -0.4 is 5.32 Å². The number of anilines is 2. The minimum atomic E-state index is -0.179. The van der Waals surface area contributed by atoms with E-state index in [1.807, 2.05) is 43.9 Å². The first-order valence-corrected chi connectivity index (χ1v) is 12.1. The summed E-state index contributed by atoms with van der Waals surface area (Å²) in [5.74, 6) is 0.469. The number of aromatic amines is 1. The highest BCUT2D eigenvalue weighted by Crippen LogP contribution is 2.34. The zero-order chi connectivity index (χ0) is 23.4. The Kier molecular flexibility index (Phi) is 6.99. The number of aryl methyl sites for hydroxylation is 1. The number of thioether (sulfide) groups is 1. The first-order valence-electron chi connectivity index (χ1n) is 11.2. The number of allylic oxidation sites excluding steroid dienone is 1. The summed E-state index contributed by atoms with van der Waals surface area (Å²) in [6.07, 6.45) is 9.14. The number of nitriles is 1. The standard InChI is InChI=1S/C23H28N8OS/c1-4-31-13-17(12-26-31)27-23-28-20-19(7-8-25-20)21(29-23)33-18-6-5-9-30(14-18)22(32)16(11-24)10-15(2)3/h7-8,10,12-13,15,18H,4-6,9,14H2,1-3H3,(H2,25,27,28,29)/b16-10+. The molecule has 0 aromatic carbocycles. The molecular weight excluding hydrogens is 436 g/mol. The average molecular weight is 465 g/mol. The molecule has 0 bridgehead atoms. The lowest BCUT2D eigenvalue weighted by Crippen LogP contribution is -2.41. The molecule has 1 aliphatic rings. The second-order valence-electron chi connectivity index (χ2n) is 8.37. The number of H-pyrrole nitrogens is 1. The number of aromatic nitrogens is 5. The fraction of sp³-hybridized carbons (Fsp3) is 0.435. The third kappa shape index (κ3) is 5.37. The van der Waals surface area contributed by atoms with Crippen molar-refractivity contribution in [3.63, 3.8) is 0 Å². The Morgan fingerprint density at radius 3 is 3.03 bits per heavy atom. The second-order valence-corrected chi connectivity index (χ2v) is 9.66. The highest BCUT2D eigenvalue weighted by atomic mass is 32.2. The van der Waals surface area contributed by atoms with Gasteiger partial charge >= 0.3 is 0 Å². The molecule has 10 heteroatoms. The van der Waals surface area contributed by atoms with Crippen LogP contribution in [0.2, 0.25) is 0 Å². The van der Waals surface area contributed by atoms with Gasteiger partial charge in [-0.25, -0.2) is 4.98 Å². The largest absolute Gasteiger partial charge is 0.346 e. The second kappa shape index (κ2) is 10.1. The van der Waals surface area contributed by atoms with Crippen molar-refractivity contribution in [2.75, 3.05) is 18.4 Å². The molecule has 2 N–H and O–H groups in total. The Morgan fingerprint density at radius 1 is 1.45 bits per heavy atom. The van der Waals surface area contributed by atoms with Crippen molar-refractivity contribution in [2.24, 2.45) is 5.92 Å². The predicted octanol–water partition coefficient (Wildman–Crippen LogP) is 4.11. The van der Waals surface area contributed by atoms with Gasteiger partial charge in [0, 0.05) is 37.3 Å². The Hall–Kier alpha value is -3.32. The normalized spacial score (nSPS) is 16.9. The van der Waals surface area contributed by atoms with E-state index in [2.05, 4.69) is 26.5 Å². The maximum Gasteiger partial charge on any atom is 0.264 e. The van der Waals surface area contributed by atoms with Gasteiger partial charge in [-0.05, 0) is 31.7 Å². The summed E-state index contributed by atoms with van der Waals surface area (Å²) in [5, 5.41) is 19.0. The zero-order valence-electron chi connectivity index (χ0n) is 19.1. The summed E-state index contributed by atoms with van der Waals surface area (Å²) >= 11 is 1.66. The van der Waals surface area contributed by atoms with Gasteiger partial charge in [0.1, 0.15) is 22.3 Å². The summed E-state index contributed by atoms with van der Waals surface area (Å²) in [6.45, 7) is 8.01. The number of fused-ring (bicyclic) bond motifs is 1. The van der Waals surface area contributed by atoms with Crippen LogP contribution in [0.4, 0.5) is 11.6 Å². The molecule has 1 fully saturated rings. The number of piperidine rings is 1.